The van der Waals surface area contributed by atoms with Crippen LogP contribution in [-0.2, 0) is 12.0 Å². The molecule has 1 N–H and O–H groups in total. The molecule has 3 rings (SSSR count). The highest BCUT2D eigenvalue weighted by atomic mass is 32.1. The third kappa shape index (κ3) is 1.61. The normalized spacial score (nSPS) is 23.4. The maximum absolute atomic E-state index is 4.61. The van der Waals surface area contributed by atoms with E-state index in [0.717, 1.165) is 6.42 Å². The van der Waals surface area contributed by atoms with Gasteiger partial charge in [-0.2, -0.15) is 0 Å². The average Bonchev–Trinajstić information content (AvgIpc) is 2.88. The van der Waals surface area contributed by atoms with E-state index in [1.54, 1.807) is 11.3 Å². The van der Waals surface area contributed by atoms with E-state index in [9.17, 15) is 0 Å². The molecular weight excluding hydrogens is 228 g/mol. The van der Waals surface area contributed by atoms with Crippen LogP contribution in [0.2, 0.25) is 0 Å². The molecule has 17 heavy (non-hydrogen) atoms. The smallest absolute Gasteiger partial charge is 0.0873 e. The lowest BCUT2D eigenvalue weighted by molar-refractivity contribution is 0.363. The Morgan fingerprint density at radius 3 is 2.88 bits per heavy atom. The van der Waals surface area contributed by atoms with Crippen molar-refractivity contribution in [3.05, 3.63) is 52.0 Å². The maximum Gasteiger partial charge on any atom is 0.0873 e. The van der Waals surface area contributed by atoms with Crippen LogP contribution in [0.1, 0.15) is 29.0 Å². The first-order chi connectivity index (χ1) is 8.37. The first kappa shape index (κ1) is 10.9. The SMILES string of the molecule is CNC1(c2ccccc2)CCCc2scnc21. The number of hydrogen-bond acceptors (Lipinski definition) is 3. The van der Waals surface area contributed by atoms with Crippen LogP contribution >= 0.6 is 11.3 Å². The molecule has 1 heterocycles. The van der Waals surface area contributed by atoms with Crippen LogP contribution in [-0.4, -0.2) is 12.0 Å². The van der Waals surface area contributed by atoms with Crippen LogP contribution < -0.4 is 5.32 Å². The zero-order valence-electron chi connectivity index (χ0n) is 9.94. The van der Waals surface area contributed by atoms with Gasteiger partial charge in [0.1, 0.15) is 0 Å². The largest absolute Gasteiger partial charge is 0.305 e. The summed E-state index contributed by atoms with van der Waals surface area (Å²) in [5.41, 5.74) is 4.47. The molecule has 1 aliphatic carbocycles. The molecule has 0 saturated heterocycles. The topological polar surface area (TPSA) is 24.9 Å². The van der Waals surface area contributed by atoms with Gasteiger partial charge in [-0.3, -0.25) is 0 Å². The summed E-state index contributed by atoms with van der Waals surface area (Å²) < 4.78 is 0. The second kappa shape index (κ2) is 4.24. The molecule has 1 aromatic heterocycles. The fraction of sp³-hybridized carbons (Fsp3) is 0.357. The molecule has 1 aromatic carbocycles. The molecule has 1 aliphatic rings. The van der Waals surface area contributed by atoms with Crippen LogP contribution in [0.25, 0.3) is 0 Å². The van der Waals surface area contributed by atoms with Crippen LogP contribution in [0.5, 0.6) is 0 Å². The van der Waals surface area contributed by atoms with E-state index in [1.807, 2.05) is 12.6 Å². The molecule has 1 unspecified atom stereocenters. The number of aromatic nitrogens is 1. The van der Waals surface area contributed by atoms with E-state index >= 15 is 0 Å². The van der Waals surface area contributed by atoms with Crippen LogP contribution in [0.15, 0.2) is 35.8 Å². The Morgan fingerprint density at radius 1 is 1.29 bits per heavy atom. The van der Waals surface area contributed by atoms with Crippen molar-refractivity contribution in [3.63, 3.8) is 0 Å². The lowest BCUT2D eigenvalue weighted by Crippen LogP contribution is -2.44. The van der Waals surface area contributed by atoms with Crippen molar-refractivity contribution in [2.24, 2.45) is 0 Å². The molecule has 1 atom stereocenters. The number of fused-ring (bicyclic) bond motifs is 1. The minimum Gasteiger partial charge on any atom is -0.305 e. The predicted molar refractivity (Wildman–Crippen MR) is 71.3 cm³/mol. The number of nitrogens with zero attached hydrogens (tertiary/aromatic N) is 1. The van der Waals surface area contributed by atoms with E-state index in [4.69, 9.17) is 0 Å². The molecule has 3 heteroatoms. The fourth-order valence-corrected chi connectivity index (χ4v) is 3.71. The Labute approximate surface area is 106 Å². The number of nitrogens with one attached hydrogen (secondary N) is 1. The molecule has 0 bridgehead atoms. The van der Waals surface area contributed by atoms with E-state index < -0.39 is 0 Å². The Bertz CT molecular complexity index is 506. The first-order valence-electron chi connectivity index (χ1n) is 6.04. The van der Waals surface area contributed by atoms with Crippen molar-refractivity contribution in [3.8, 4) is 0 Å². The standard InChI is InChI=1S/C14H16N2S/c1-15-14(11-6-3-2-4-7-11)9-5-8-12-13(14)16-10-17-12/h2-4,6-7,10,15H,5,8-9H2,1H3. The van der Waals surface area contributed by atoms with E-state index in [1.165, 1.54) is 29.0 Å². The zero-order chi connectivity index (χ0) is 11.7. The molecule has 0 spiro atoms. The number of rotatable bonds is 2. The van der Waals surface area contributed by atoms with Crippen LogP contribution in [0.4, 0.5) is 0 Å². The van der Waals surface area contributed by atoms with Crippen molar-refractivity contribution in [2.75, 3.05) is 7.05 Å². The molecular formula is C14H16N2S. The highest BCUT2D eigenvalue weighted by Crippen LogP contribution is 2.40. The van der Waals surface area contributed by atoms with Gasteiger partial charge in [-0.1, -0.05) is 30.3 Å². The molecule has 0 radical (unpaired) electrons. The Hall–Kier alpha value is -1.19. The lowest BCUT2D eigenvalue weighted by atomic mass is 9.78. The second-order valence-corrected chi connectivity index (χ2v) is 5.44. The van der Waals surface area contributed by atoms with Crippen molar-refractivity contribution < 1.29 is 0 Å². The van der Waals surface area contributed by atoms with Gasteiger partial charge < -0.3 is 5.32 Å². The number of thiazole rings is 1. The summed E-state index contributed by atoms with van der Waals surface area (Å²) in [6.45, 7) is 0. The Morgan fingerprint density at radius 2 is 2.12 bits per heavy atom. The van der Waals surface area contributed by atoms with Crippen LogP contribution in [0, 0.1) is 0 Å². The highest BCUT2D eigenvalue weighted by Gasteiger charge is 2.38. The molecule has 0 saturated carbocycles. The van der Waals surface area contributed by atoms with Gasteiger partial charge in [0.05, 0.1) is 16.7 Å². The van der Waals surface area contributed by atoms with Gasteiger partial charge in [-0.05, 0) is 31.9 Å². The third-order valence-electron chi connectivity index (χ3n) is 3.69. The fourth-order valence-electron chi connectivity index (χ4n) is 2.82. The lowest BCUT2D eigenvalue weighted by Gasteiger charge is -2.36. The van der Waals surface area contributed by atoms with Gasteiger partial charge in [0.2, 0.25) is 0 Å². The highest BCUT2D eigenvalue weighted by molar-refractivity contribution is 7.09. The van der Waals surface area contributed by atoms with Crippen molar-refractivity contribution >= 4 is 11.3 Å². The summed E-state index contributed by atoms with van der Waals surface area (Å²) in [7, 11) is 2.04. The quantitative estimate of drug-likeness (QED) is 0.878. The molecule has 2 nitrogen and oxygen atoms in total. The van der Waals surface area contributed by atoms with E-state index in [-0.39, 0.29) is 5.54 Å². The van der Waals surface area contributed by atoms with E-state index in [2.05, 4.69) is 40.6 Å². The van der Waals surface area contributed by atoms with Gasteiger partial charge >= 0.3 is 0 Å². The minimum atomic E-state index is -0.0746. The molecule has 2 aromatic rings. The summed E-state index contributed by atoms with van der Waals surface area (Å²) in [6, 6.07) is 10.7. The Kier molecular flexibility index (Phi) is 2.73. The molecule has 0 aliphatic heterocycles. The van der Waals surface area contributed by atoms with Gasteiger partial charge in [0.25, 0.3) is 0 Å². The summed E-state index contributed by atoms with van der Waals surface area (Å²) in [6.07, 6.45) is 3.53. The first-order valence-corrected chi connectivity index (χ1v) is 6.92. The van der Waals surface area contributed by atoms with Gasteiger partial charge in [0, 0.05) is 4.88 Å². The average molecular weight is 244 g/mol. The van der Waals surface area contributed by atoms with Gasteiger partial charge in [0.15, 0.2) is 0 Å². The van der Waals surface area contributed by atoms with Crippen molar-refractivity contribution in [2.45, 2.75) is 24.8 Å². The number of benzene rings is 1. The van der Waals surface area contributed by atoms with Crippen molar-refractivity contribution in [1.29, 1.82) is 0 Å². The van der Waals surface area contributed by atoms with Crippen LogP contribution in [0.3, 0.4) is 0 Å². The van der Waals surface area contributed by atoms with Gasteiger partial charge in [-0.25, -0.2) is 4.98 Å². The summed E-state index contributed by atoms with van der Waals surface area (Å²) in [5.74, 6) is 0. The predicted octanol–water partition coefficient (Wildman–Crippen LogP) is 2.94. The summed E-state index contributed by atoms with van der Waals surface area (Å²) in [5, 5.41) is 3.52. The third-order valence-corrected chi connectivity index (χ3v) is 4.59. The Balaban J connectivity index is 2.17. The molecule has 0 amide bonds. The zero-order valence-corrected chi connectivity index (χ0v) is 10.8. The van der Waals surface area contributed by atoms with Crippen molar-refractivity contribution in [1.82, 2.24) is 10.3 Å². The maximum atomic E-state index is 4.61. The molecule has 0 fully saturated rings. The number of aryl methyl sites for hydroxylation is 1. The summed E-state index contributed by atoms with van der Waals surface area (Å²) >= 11 is 1.79. The molecule has 88 valence electrons. The number of hydrogen-bond donors (Lipinski definition) is 1. The summed E-state index contributed by atoms with van der Waals surface area (Å²) in [4.78, 5) is 6.05. The minimum absolute atomic E-state index is 0.0746. The van der Waals surface area contributed by atoms with E-state index in [0.29, 0.717) is 0 Å². The monoisotopic (exact) mass is 244 g/mol. The van der Waals surface area contributed by atoms with Gasteiger partial charge in [-0.15, -0.1) is 11.3 Å². The second-order valence-electron chi connectivity index (χ2n) is 4.50.